The van der Waals surface area contributed by atoms with Gasteiger partial charge in [0.15, 0.2) is 11.5 Å². The summed E-state index contributed by atoms with van der Waals surface area (Å²) in [5, 5.41) is 1.12. The highest BCUT2D eigenvalue weighted by Crippen LogP contribution is 2.31. The van der Waals surface area contributed by atoms with Crippen molar-refractivity contribution in [2.75, 3.05) is 21.3 Å². The minimum Gasteiger partial charge on any atom is -0.493 e. The molecule has 0 aliphatic heterocycles. The summed E-state index contributed by atoms with van der Waals surface area (Å²) in [6, 6.07) is 14.2. The van der Waals surface area contributed by atoms with Gasteiger partial charge in [0.25, 0.3) is 0 Å². The molecule has 5 heteroatoms. The summed E-state index contributed by atoms with van der Waals surface area (Å²) >= 11 is 1.75. The summed E-state index contributed by atoms with van der Waals surface area (Å²) in [6.07, 6.45) is 0. The number of aromatic nitrogens is 1. The number of ether oxygens (including phenoxy) is 2. The first-order chi connectivity index (χ1) is 11.2. The Kier molecular flexibility index (Phi) is 4.79. The number of fused-ring (bicyclic) bond motifs is 1. The van der Waals surface area contributed by atoms with Crippen LogP contribution in [0.2, 0.25) is 0 Å². The van der Waals surface area contributed by atoms with Gasteiger partial charge in [-0.05, 0) is 25.2 Å². The van der Waals surface area contributed by atoms with Gasteiger partial charge in [-0.15, -0.1) is 11.3 Å². The standard InChI is InChI=1S/C18H20N2O2S/c1-20(11-13-7-6-9-15(21-2)18(13)22-3)12-17-19-14-8-4-5-10-16(14)23-17/h4-10H,11-12H2,1-3H3. The van der Waals surface area contributed by atoms with Crippen LogP contribution in [0.5, 0.6) is 11.5 Å². The zero-order valence-electron chi connectivity index (χ0n) is 13.6. The quantitative estimate of drug-likeness (QED) is 0.686. The summed E-state index contributed by atoms with van der Waals surface area (Å²) in [6.45, 7) is 1.58. The van der Waals surface area contributed by atoms with Crippen LogP contribution in [-0.2, 0) is 13.1 Å². The van der Waals surface area contributed by atoms with E-state index < -0.39 is 0 Å². The SMILES string of the molecule is COc1cccc(CN(C)Cc2nc3ccccc3s2)c1OC. The van der Waals surface area contributed by atoms with Crippen molar-refractivity contribution in [2.45, 2.75) is 13.1 Å². The van der Waals surface area contributed by atoms with Gasteiger partial charge in [0.2, 0.25) is 0 Å². The first-order valence-electron chi connectivity index (χ1n) is 7.44. The molecule has 3 rings (SSSR count). The van der Waals surface area contributed by atoms with Crippen LogP contribution in [0, 0.1) is 0 Å². The first kappa shape index (κ1) is 15.8. The Bertz CT molecular complexity index is 768. The molecule has 3 aromatic rings. The molecular formula is C18H20N2O2S. The van der Waals surface area contributed by atoms with Crippen LogP contribution in [0.15, 0.2) is 42.5 Å². The molecule has 1 aromatic heterocycles. The van der Waals surface area contributed by atoms with Crippen molar-refractivity contribution in [3.8, 4) is 11.5 Å². The molecule has 0 fully saturated rings. The third-order valence-electron chi connectivity index (χ3n) is 3.67. The van der Waals surface area contributed by atoms with E-state index in [9.17, 15) is 0 Å². The van der Waals surface area contributed by atoms with Crippen molar-refractivity contribution in [3.05, 3.63) is 53.0 Å². The van der Waals surface area contributed by atoms with Gasteiger partial charge in [0.05, 0.1) is 31.0 Å². The minimum absolute atomic E-state index is 0.762. The molecule has 0 aliphatic rings. The highest BCUT2D eigenvalue weighted by molar-refractivity contribution is 7.18. The molecule has 0 N–H and O–H groups in total. The summed E-state index contributed by atoms with van der Waals surface area (Å²) in [4.78, 5) is 6.92. The molecular weight excluding hydrogens is 308 g/mol. The Labute approximate surface area is 140 Å². The van der Waals surface area contributed by atoms with Crippen molar-refractivity contribution >= 4 is 21.6 Å². The van der Waals surface area contributed by atoms with E-state index >= 15 is 0 Å². The second-order valence-corrected chi connectivity index (χ2v) is 6.52. The Morgan fingerprint density at radius 3 is 2.57 bits per heavy atom. The molecule has 0 unspecified atom stereocenters. The summed E-state index contributed by atoms with van der Waals surface area (Å²) in [7, 11) is 5.42. The van der Waals surface area contributed by atoms with Crippen LogP contribution in [0.3, 0.4) is 0 Å². The Morgan fingerprint density at radius 2 is 1.83 bits per heavy atom. The number of benzene rings is 2. The summed E-state index contributed by atoms with van der Waals surface area (Å²) in [5.41, 5.74) is 2.18. The van der Waals surface area contributed by atoms with Crippen LogP contribution < -0.4 is 9.47 Å². The number of hydrogen-bond acceptors (Lipinski definition) is 5. The van der Waals surface area contributed by atoms with Gasteiger partial charge in [0.1, 0.15) is 5.01 Å². The fourth-order valence-electron chi connectivity index (χ4n) is 2.64. The predicted octanol–water partition coefficient (Wildman–Crippen LogP) is 3.95. The molecule has 0 bridgehead atoms. The van der Waals surface area contributed by atoms with Crippen LogP contribution in [0.25, 0.3) is 10.2 Å². The number of hydrogen-bond donors (Lipinski definition) is 0. The maximum Gasteiger partial charge on any atom is 0.165 e. The highest BCUT2D eigenvalue weighted by atomic mass is 32.1. The van der Waals surface area contributed by atoms with Crippen molar-refractivity contribution in [1.29, 1.82) is 0 Å². The van der Waals surface area contributed by atoms with Crippen molar-refractivity contribution in [3.63, 3.8) is 0 Å². The average molecular weight is 328 g/mol. The van der Waals surface area contributed by atoms with Crippen LogP contribution in [0.1, 0.15) is 10.6 Å². The van der Waals surface area contributed by atoms with Gasteiger partial charge >= 0.3 is 0 Å². The molecule has 0 saturated carbocycles. The zero-order chi connectivity index (χ0) is 16.2. The van der Waals surface area contributed by atoms with E-state index in [1.807, 2.05) is 18.2 Å². The number of para-hydroxylation sites is 2. The largest absolute Gasteiger partial charge is 0.493 e. The van der Waals surface area contributed by atoms with Crippen LogP contribution >= 0.6 is 11.3 Å². The number of rotatable bonds is 6. The van der Waals surface area contributed by atoms with Gasteiger partial charge in [-0.3, -0.25) is 4.90 Å². The molecule has 0 saturated heterocycles. The third-order valence-corrected chi connectivity index (χ3v) is 4.69. The monoisotopic (exact) mass is 328 g/mol. The molecule has 0 spiro atoms. The van der Waals surface area contributed by atoms with E-state index in [1.54, 1.807) is 25.6 Å². The third kappa shape index (κ3) is 3.46. The number of thiazole rings is 1. The van der Waals surface area contributed by atoms with E-state index in [0.29, 0.717) is 0 Å². The average Bonchev–Trinajstić information content (AvgIpc) is 2.96. The van der Waals surface area contributed by atoms with E-state index in [2.05, 4.69) is 36.2 Å². The lowest BCUT2D eigenvalue weighted by Gasteiger charge is -2.18. The Balaban J connectivity index is 1.75. The van der Waals surface area contributed by atoms with E-state index in [-0.39, 0.29) is 0 Å². The lowest BCUT2D eigenvalue weighted by Crippen LogP contribution is -2.17. The van der Waals surface area contributed by atoms with Crippen molar-refractivity contribution in [1.82, 2.24) is 9.88 Å². The first-order valence-corrected chi connectivity index (χ1v) is 8.25. The lowest BCUT2D eigenvalue weighted by atomic mass is 10.1. The summed E-state index contributed by atoms with van der Waals surface area (Å²) in [5.74, 6) is 1.56. The molecule has 1 heterocycles. The number of nitrogens with zero attached hydrogens (tertiary/aromatic N) is 2. The van der Waals surface area contributed by atoms with E-state index in [4.69, 9.17) is 14.5 Å². The smallest absolute Gasteiger partial charge is 0.165 e. The molecule has 2 aromatic carbocycles. The second kappa shape index (κ2) is 6.98. The number of methoxy groups -OCH3 is 2. The van der Waals surface area contributed by atoms with Gasteiger partial charge in [-0.2, -0.15) is 0 Å². The second-order valence-electron chi connectivity index (χ2n) is 5.40. The molecule has 0 atom stereocenters. The minimum atomic E-state index is 0.762. The molecule has 23 heavy (non-hydrogen) atoms. The fraction of sp³-hybridized carbons (Fsp3) is 0.278. The Morgan fingerprint density at radius 1 is 1.00 bits per heavy atom. The maximum atomic E-state index is 5.50. The van der Waals surface area contributed by atoms with Gasteiger partial charge in [-0.1, -0.05) is 24.3 Å². The van der Waals surface area contributed by atoms with Gasteiger partial charge in [-0.25, -0.2) is 4.98 Å². The Hall–Kier alpha value is -2.11. The molecule has 4 nitrogen and oxygen atoms in total. The van der Waals surface area contributed by atoms with E-state index in [0.717, 1.165) is 40.7 Å². The lowest BCUT2D eigenvalue weighted by molar-refractivity contribution is 0.303. The fourth-order valence-corrected chi connectivity index (χ4v) is 3.69. The zero-order valence-corrected chi connectivity index (χ0v) is 14.4. The predicted molar refractivity (Wildman–Crippen MR) is 94.3 cm³/mol. The van der Waals surface area contributed by atoms with Crippen LogP contribution in [-0.4, -0.2) is 31.2 Å². The van der Waals surface area contributed by atoms with Gasteiger partial charge < -0.3 is 9.47 Å². The van der Waals surface area contributed by atoms with Crippen molar-refractivity contribution in [2.24, 2.45) is 0 Å². The van der Waals surface area contributed by atoms with Crippen molar-refractivity contribution < 1.29 is 9.47 Å². The molecule has 0 radical (unpaired) electrons. The summed E-state index contributed by atoms with van der Waals surface area (Å²) < 4.78 is 12.1. The van der Waals surface area contributed by atoms with E-state index in [1.165, 1.54) is 4.70 Å². The molecule has 120 valence electrons. The maximum absolute atomic E-state index is 5.50. The van der Waals surface area contributed by atoms with Gasteiger partial charge in [0, 0.05) is 12.1 Å². The normalized spacial score (nSPS) is 11.1. The molecule has 0 aliphatic carbocycles. The highest BCUT2D eigenvalue weighted by Gasteiger charge is 2.13. The van der Waals surface area contributed by atoms with Crippen LogP contribution in [0.4, 0.5) is 0 Å². The molecule has 0 amide bonds. The topological polar surface area (TPSA) is 34.6 Å².